The molecule has 148 valence electrons. The lowest BCUT2D eigenvalue weighted by atomic mass is 9.88. The van der Waals surface area contributed by atoms with Gasteiger partial charge in [0.25, 0.3) is 0 Å². The summed E-state index contributed by atoms with van der Waals surface area (Å²) in [6.07, 6.45) is 7.44. The van der Waals surface area contributed by atoms with Crippen LogP contribution in [0.15, 0.2) is 48.7 Å². The lowest BCUT2D eigenvalue weighted by molar-refractivity contribution is -0.120. The predicted molar refractivity (Wildman–Crippen MR) is 113 cm³/mol. The van der Waals surface area contributed by atoms with E-state index >= 15 is 0 Å². The number of nitrogens with zero attached hydrogens (tertiary/aromatic N) is 3. The van der Waals surface area contributed by atoms with Gasteiger partial charge in [0.15, 0.2) is 0 Å². The van der Waals surface area contributed by atoms with Crippen molar-refractivity contribution in [3.63, 3.8) is 0 Å². The van der Waals surface area contributed by atoms with Gasteiger partial charge in [-0.25, -0.2) is 4.98 Å². The summed E-state index contributed by atoms with van der Waals surface area (Å²) in [6, 6.07) is 14.7. The average Bonchev–Trinajstić information content (AvgIpc) is 2.76. The first-order valence-corrected chi connectivity index (χ1v) is 10.6. The molecule has 1 amide bonds. The number of piperazine rings is 1. The average molecular weight is 379 g/mol. The molecule has 0 bridgehead atoms. The van der Waals surface area contributed by atoms with Crippen molar-refractivity contribution in [2.24, 2.45) is 5.92 Å². The van der Waals surface area contributed by atoms with E-state index in [2.05, 4.69) is 50.4 Å². The van der Waals surface area contributed by atoms with E-state index in [9.17, 15) is 4.79 Å². The summed E-state index contributed by atoms with van der Waals surface area (Å²) in [5.41, 5.74) is 2.18. The Balaban J connectivity index is 1.27. The minimum absolute atomic E-state index is 0.156. The number of anilines is 2. The Labute approximate surface area is 167 Å². The van der Waals surface area contributed by atoms with Gasteiger partial charge in [-0.2, -0.15) is 0 Å². The van der Waals surface area contributed by atoms with Gasteiger partial charge in [-0.3, -0.25) is 9.69 Å². The third-order valence-corrected chi connectivity index (χ3v) is 5.94. The van der Waals surface area contributed by atoms with Gasteiger partial charge in [0.05, 0.1) is 11.9 Å². The standard InChI is InChI=1S/C23H30N4O/c28-23(20-9-5-2-6-10-20)25-21-11-12-22(24-17-21)27-15-13-26(14-16-27)18-19-7-3-1-4-8-19/h1,3-4,7-8,11-12,17,20H,2,5-6,9-10,13-16,18H2,(H,25,28). The smallest absolute Gasteiger partial charge is 0.227 e. The van der Waals surface area contributed by atoms with Crippen molar-refractivity contribution in [2.75, 3.05) is 36.4 Å². The molecule has 0 atom stereocenters. The fourth-order valence-corrected chi connectivity index (χ4v) is 4.23. The third kappa shape index (κ3) is 4.90. The Bertz CT molecular complexity index is 748. The number of carbonyl (C=O) groups excluding carboxylic acids is 1. The predicted octanol–water partition coefficient (Wildman–Crippen LogP) is 3.92. The lowest BCUT2D eigenvalue weighted by Crippen LogP contribution is -2.46. The maximum absolute atomic E-state index is 12.4. The van der Waals surface area contributed by atoms with E-state index in [0.29, 0.717) is 0 Å². The molecule has 28 heavy (non-hydrogen) atoms. The molecular weight excluding hydrogens is 348 g/mol. The van der Waals surface area contributed by atoms with Crippen LogP contribution in [0.5, 0.6) is 0 Å². The molecular formula is C23H30N4O. The van der Waals surface area contributed by atoms with Crippen molar-refractivity contribution in [3.05, 3.63) is 54.2 Å². The first kappa shape index (κ1) is 18.9. The Morgan fingerprint density at radius 3 is 2.39 bits per heavy atom. The molecule has 0 radical (unpaired) electrons. The van der Waals surface area contributed by atoms with E-state index in [4.69, 9.17) is 0 Å². The van der Waals surface area contributed by atoms with Gasteiger partial charge in [0.2, 0.25) is 5.91 Å². The summed E-state index contributed by atoms with van der Waals surface area (Å²) in [7, 11) is 0. The first-order chi connectivity index (χ1) is 13.8. The van der Waals surface area contributed by atoms with Crippen molar-refractivity contribution < 1.29 is 4.79 Å². The maximum Gasteiger partial charge on any atom is 0.227 e. The molecule has 1 saturated carbocycles. The number of hydrogen-bond acceptors (Lipinski definition) is 4. The van der Waals surface area contributed by atoms with Crippen LogP contribution in [0.1, 0.15) is 37.7 Å². The number of pyridine rings is 1. The zero-order valence-corrected chi connectivity index (χ0v) is 16.5. The van der Waals surface area contributed by atoms with Crippen LogP contribution in [0.2, 0.25) is 0 Å². The lowest BCUT2D eigenvalue weighted by Gasteiger charge is -2.35. The molecule has 4 rings (SSSR count). The van der Waals surface area contributed by atoms with E-state index in [1.54, 1.807) is 6.20 Å². The van der Waals surface area contributed by atoms with Crippen LogP contribution in [0.3, 0.4) is 0 Å². The van der Waals surface area contributed by atoms with Crippen LogP contribution in [0.4, 0.5) is 11.5 Å². The Hall–Kier alpha value is -2.40. The molecule has 1 N–H and O–H groups in total. The van der Waals surface area contributed by atoms with Gasteiger partial charge in [-0.15, -0.1) is 0 Å². The molecule has 1 aromatic heterocycles. The van der Waals surface area contributed by atoms with Gasteiger partial charge in [-0.1, -0.05) is 49.6 Å². The number of benzene rings is 1. The summed E-state index contributed by atoms with van der Waals surface area (Å²) in [5.74, 6) is 1.32. The highest BCUT2D eigenvalue weighted by Gasteiger charge is 2.21. The molecule has 1 aliphatic carbocycles. The van der Waals surface area contributed by atoms with Crippen LogP contribution >= 0.6 is 0 Å². The van der Waals surface area contributed by atoms with Gasteiger partial charge in [-0.05, 0) is 30.5 Å². The molecule has 2 heterocycles. The zero-order valence-electron chi connectivity index (χ0n) is 16.5. The number of nitrogens with one attached hydrogen (secondary N) is 1. The molecule has 1 aromatic carbocycles. The minimum Gasteiger partial charge on any atom is -0.354 e. The van der Waals surface area contributed by atoms with Crippen molar-refractivity contribution in [2.45, 2.75) is 38.6 Å². The Morgan fingerprint density at radius 1 is 0.964 bits per heavy atom. The highest BCUT2D eigenvalue weighted by atomic mass is 16.1. The molecule has 1 saturated heterocycles. The van der Waals surface area contributed by atoms with Crippen LogP contribution < -0.4 is 10.2 Å². The van der Waals surface area contributed by atoms with Crippen LogP contribution in [-0.4, -0.2) is 42.0 Å². The second kappa shape index (κ2) is 9.20. The van der Waals surface area contributed by atoms with Crippen LogP contribution in [0.25, 0.3) is 0 Å². The van der Waals surface area contributed by atoms with Gasteiger partial charge in [0.1, 0.15) is 5.82 Å². The zero-order chi connectivity index (χ0) is 19.2. The molecule has 0 unspecified atom stereocenters. The van der Waals surface area contributed by atoms with Crippen molar-refractivity contribution in [1.29, 1.82) is 0 Å². The Kier molecular flexibility index (Phi) is 6.22. The molecule has 2 aliphatic rings. The number of aromatic nitrogens is 1. The summed E-state index contributed by atoms with van der Waals surface area (Å²) in [4.78, 5) is 21.8. The van der Waals surface area contributed by atoms with E-state index in [1.807, 2.05) is 12.1 Å². The normalized spacial score (nSPS) is 18.8. The van der Waals surface area contributed by atoms with Crippen molar-refractivity contribution >= 4 is 17.4 Å². The molecule has 2 fully saturated rings. The van der Waals surface area contributed by atoms with Gasteiger partial charge in [0, 0.05) is 38.6 Å². The highest BCUT2D eigenvalue weighted by molar-refractivity contribution is 5.92. The van der Waals surface area contributed by atoms with Crippen LogP contribution in [0, 0.1) is 5.92 Å². The quantitative estimate of drug-likeness (QED) is 0.857. The number of hydrogen-bond donors (Lipinski definition) is 1. The summed E-state index contributed by atoms with van der Waals surface area (Å²) in [5, 5.41) is 3.05. The molecule has 5 heteroatoms. The number of carbonyl (C=O) groups is 1. The molecule has 0 spiro atoms. The minimum atomic E-state index is 0.156. The molecule has 2 aromatic rings. The molecule has 5 nitrogen and oxygen atoms in total. The summed E-state index contributed by atoms with van der Waals surface area (Å²) >= 11 is 0. The SMILES string of the molecule is O=C(Nc1ccc(N2CCN(Cc3ccccc3)CC2)nc1)C1CCCCC1. The summed E-state index contributed by atoms with van der Waals surface area (Å²) in [6.45, 7) is 5.04. The largest absolute Gasteiger partial charge is 0.354 e. The van der Waals surface area contributed by atoms with Gasteiger partial charge < -0.3 is 10.2 Å². The second-order valence-electron chi connectivity index (χ2n) is 7.98. The third-order valence-electron chi connectivity index (χ3n) is 5.94. The van der Waals surface area contributed by atoms with Gasteiger partial charge >= 0.3 is 0 Å². The van der Waals surface area contributed by atoms with Crippen molar-refractivity contribution in [1.82, 2.24) is 9.88 Å². The highest BCUT2D eigenvalue weighted by Crippen LogP contribution is 2.25. The fourth-order valence-electron chi connectivity index (χ4n) is 4.23. The van der Waals surface area contributed by atoms with Crippen LogP contribution in [-0.2, 0) is 11.3 Å². The second-order valence-corrected chi connectivity index (χ2v) is 7.98. The monoisotopic (exact) mass is 378 g/mol. The summed E-state index contributed by atoms with van der Waals surface area (Å²) < 4.78 is 0. The fraction of sp³-hybridized carbons (Fsp3) is 0.478. The number of amides is 1. The first-order valence-electron chi connectivity index (χ1n) is 10.6. The topological polar surface area (TPSA) is 48.5 Å². The number of rotatable bonds is 5. The van der Waals surface area contributed by atoms with Crippen molar-refractivity contribution in [3.8, 4) is 0 Å². The van der Waals surface area contributed by atoms with E-state index < -0.39 is 0 Å². The van der Waals surface area contributed by atoms with E-state index in [0.717, 1.165) is 57.1 Å². The van der Waals surface area contributed by atoms with E-state index in [-0.39, 0.29) is 11.8 Å². The van der Waals surface area contributed by atoms with E-state index in [1.165, 1.54) is 24.8 Å². The Morgan fingerprint density at radius 2 is 1.71 bits per heavy atom. The molecule has 1 aliphatic heterocycles. The maximum atomic E-state index is 12.4.